The molecule has 104 valence electrons. The first-order valence-corrected chi connectivity index (χ1v) is 7.93. The highest BCUT2D eigenvalue weighted by molar-refractivity contribution is 7.98. The maximum atomic E-state index is 12.1. The molecule has 1 N–H and O–H groups in total. The van der Waals surface area contributed by atoms with Crippen LogP contribution < -0.4 is 0 Å². The number of thioether (sulfide) groups is 1. The number of hydrogen-bond donors (Lipinski definition) is 1. The van der Waals surface area contributed by atoms with E-state index in [-0.39, 0.29) is 18.2 Å². The Balaban J connectivity index is 2.30. The summed E-state index contributed by atoms with van der Waals surface area (Å²) in [5.41, 5.74) is 0. The molecule has 0 aromatic carbocycles. The first-order chi connectivity index (χ1) is 8.54. The summed E-state index contributed by atoms with van der Waals surface area (Å²) >= 11 is 1.70. The second-order valence-corrected chi connectivity index (χ2v) is 5.97. The lowest BCUT2D eigenvalue weighted by molar-refractivity contribution is -0.138. The predicted octanol–water partition coefficient (Wildman–Crippen LogP) is 2.09. The normalized spacial score (nSPS) is 18.7. The molecule has 1 saturated heterocycles. The molecular weight excluding hydrogens is 250 g/mol. The highest BCUT2D eigenvalue weighted by atomic mass is 32.2. The minimum Gasteiger partial charge on any atom is -0.481 e. The van der Waals surface area contributed by atoms with E-state index < -0.39 is 5.97 Å². The lowest BCUT2D eigenvalue weighted by Crippen LogP contribution is -2.41. The van der Waals surface area contributed by atoms with Crippen molar-refractivity contribution in [3.63, 3.8) is 0 Å². The van der Waals surface area contributed by atoms with Gasteiger partial charge in [0.25, 0.3) is 0 Å². The molecular formula is C13H23NO3S. The van der Waals surface area contributed by atoms with E-state index in [9.17, 15) is 9.59 Å². The molecule has 1 atom stereocenters. The zero-order valence-electron chi connectivity index (χ0n) is 11.2. The number of likely N-dealkylation sites (tertiary alicyclic amines) is 1. The van der Waals surface area contributed by atoms with Crippen molar-refractivity contribution in [2.45, 2.75) is 32.6 Å². The van der Waals surface area contributed by atoms with Crippen LogP contribution in [0.2, 0.25) is 0 Å². The number of carboxylic acids is 1. The molecule has 0 aliphatic carbocycles. The van der Waals surface area contributed by atoms with E-state index in [2.05, 4.69) is 0 Å². The Kier molecular flexibility index (Phi) is 6.54. The van der Waals surface area contributed by atoms with Crippen molar-refractivity contribution in [3.8, 4) is 0 Å². The molecule has 1 unspecified atom stereocenters. The van der Waals surface area contributed by atoms with Crippen molar-refractivity contribution in [3.05, 3.63) is 0 Å². The van der Waals surface area contributed by atoms with Crippen LogP contribution in [0.15, 0.2) is 0 Å². The summed E-state index contributed by atoms with van der Waals surface area (Å²) in [5, 5.41) is 8.65. The Morgan fingerprint density at radius 1 is 1.39 bits per heavy atom. The zero-order valence-corrected chi connectivity index (χ0v) is 12.0. The van der Waals surface area contributed by atoms with Gasteiger partial charge in [0.15, 0.2) is 0 Å². The third-order valence-electron chi connectivity index (χ3n) is 3.53. The molecule has 0 aromatic rings. The Morgan fingerprint density at radius 3 is 2.50 bits per heavy atom. The largest absolute Gasteiger partial charge is 0.481 e. The summed E-state index contributed by atoms with van der Waals surface area (Å²) < 4.78 is 0. The van der Waals surface area contributed by atoms with Crippen LogP contribution in [-0.2, 0) is 9.59 Å². The van der Waals surface area contributed by atoms with Gasteiger partial charge in [0.05, 0.1) is 0 Å². The Hall–Kier alpha value is -0.710. The van der Waals surface area contributed by atoms with Gasteiger partial charge in [-0.15, -0.1) is 0 Å². The molecule has 0 saturated carbocycles. The molecule has 1 aliphatic heterocycles. The summed E-state index contributed by atoms with van der Waals surface area (Å²) in [6.45, 7) is 3.57. The van der Waals surface area contributed by atoms with Crippen LogP contribution in [0.5, 0.6) is 0 Å². The first-order valence-electron chi connectivity index (χ1n) is 6.54. The molecule has 0 bridgehead atoms. The third-order valence-corrected chi connectivity index (χ3v) is 4.36. The summed E-state index contributed by atoms with van der Waals surface area (Å²) in [6.07, 6.45) is 4.91. The number of hydrogen-bond acceptors (Lipinski definition) is 3. The molecule has 18 heavy (non-hydrogen) atoms. The van der Waals surface area contributed by atoms with Gasteiger partial charge < -0.3 is 10.0 Å². The fourth-order valence-corrected chi connectivity index (χ4v) is 3.05. The molecule has 1 aliphatic rings. The van der Waals surface area contributed by atoms with E-state index in [0.29, 0.717) is 5.92 Å². The monoisotopic (exact) mass is 273 g/mol. The smallest absolute Gasteiger partial charge is 0.303 e. The lowest BCUT2D eigenvalue weighted by atomic mass is 9.92. The Bertz CT molecular complexity index is 288. The number of carboxylic acid groups (broad SMARTS) is 1. The lowest BCUT2D eigenvalue weighted by Gasteiger charge is -2.33. The van der Waals surface area contributed by atoms with E-state index in [1.165, 1.54) is 0 Å². The second kappa shape index (κ2) is 7.67. The molecule has 1 rings (SSSR count). The van der Waals surface area contributed by atoms with Crippen LogP contribution in [0, 0.1) is 11.8 Å². The van der Waals surface area contributed by atoms with E-state index in [4.69, 9.17) is 5.11 Å². The molecule has 5 heteroatoms. The number of nitrogens with zero attached hydrogens (tertiary/aromatic N) is 1. The second-order valence-electron chi connectivity index (χ2n) is 5.06. The van der Waals surface area contributed by atoms with E-state index in [1.54, 1.807) is 11.8 Å². The number of piperidine rings is 1. The van der Waals surface area contributed by atoms with Gasteiger partial charge >= 0.3 is 5.97 Å². The van der Waals surface area contributed by atoms with Gasteiger partial charge in [-0.1, -0.05) is 6.92 Å². The molecule has 0 aromatic heterocycles. The van der Waals surface area contributed by atoms with Crippen molar-refractivity contribution >= 4 is 23.6 Å². The van der Waals surface area contributed by atoms with Crippen molar-refractivity contribution < 1.29 is 14.7 Å². The Morgan fingerprint density at radius 2 is 2.00 bits per heavy atom. The molecule has 0 radical (unpaired) electrons. The average molecular weight is 273 g/mol. The Labute approximate surface area is 113 Å². The SMILES string of the molecule is CSCC(C)C(=O)N1CCC(CCC(=O)O)CC1. The fourth-order valence-electron chi connectivity index (χ4n) is 2.40. The van der Waals surface area contributed by atoms with Crippen LogP contribution in [0.3, 0.4) is 0 Å². The number of aliphatic carboxylic acids is 1. The van der Waals surface area contributed by atoms with Gasteiger partial charge in [-0.05, 0) is 31.4 Å². The first kappa shape index (κ1) is 15.3. The maximum absolute atomic E-state index is 12.1. The third kappa shape index (κ3) is 4.88. The molecule has 1 heterocycles. The van der Waals surface area contributed by atoms with Crippen molar-refractivity contribution in [2.75, 3.05) is 25.1 Å². The van der Waals surface area contributed by atoms with Crippen molar-refractivity contribution in [1.29, 1.82) is 0 Å². The number of amides is 1. The van der Waals surface area contributed by atoms with E-state index in [0.717, 1.165) is 38.1 Å². The maximum Gasteiger partial charge on any atom is 0.303 e. The van der Waals surface area contributed by atoms with Crippen LogP contribution >= 0.6 is 11.8 Å². The molecule has 1 fully saturated rings. The molecule has 4 nitrogen and oxygen atoms in total. The minimum absolute atomic E-state index is 0.0931. The van der Waals surface area contributed by atoms with Crippen molar-refractivity contribution in [2.24, 2.45) is 11.8 Å². The fraction of sp³-hybridized carbons (Fsp3) is 0.846. The van der Waals surface area contributed by atoms with E-state index in [1.807, 2.05) is 18.1 Å². The highest BCUT2D eigenvalue weighted by Gasteiger charge is 2.25. The van der Waals surface area contributed by atoms with Crippen LogP contribution in [0.4, 0.5) is 0 Å². The number of carbonyl (C=O) groups excluding carboxylic acids is 1. The predicted molar refractivity (Wildman–Crippen MR) is 73.7 cm³/mol. The van der Waals surface area contributed by atoms with Gasteiger partial charge in [-0.2, -0.15) is 11.8 Å². The summed E-state index contributed by atoms with van der Waals surface area (Å²) in [6, 6.07) is 0. The summed E-state index contributed by atoms with van der Waals surface area (Å²) in [7, 11) is 0. The molecule has 0 spiro atoms. The average Bonchev–Trinajstić information content (AvgIpc) is 2.36. The number of carbonyl (C=O) groups is 2. The zero-order chi connectivity index (χ0) is 13.5. The van der Waals surface area contributed by atoms with Crippen LogP contribution in [-0.4, -0.2) is 47.0 Å². The van der Waals surface area contributed by atoms with Gasteiger partial charge in [0, 0.05) is 31.2 Å². The summed E-state index contributed by atoms with van der Waals surface area (Å²) in [4.78, 5) is 24.5. The number of rotatable bonds is 6. The summed E-state index contributed by atoms with van der Waals surface area (Å²) in [5.74, 6) is 0.970. The van der Waals surface area contributed by atoms with Crippen LogP contribution in [0.1, 0.15) is 32.6 Å². The van der Waals surface area contributed by atoms with Gasteiger partial charge in [0.2, 0.25) is 5.91 Å². The van der Waals surface area contributed by atoms with E-state index >= 15 is 0 Å². The standard InChI is InChI=1S/C13H23NO3S/c1-10(9-18-2)13(17)14-7-5-11(6-8-14)3-4-12(15)16/h10-11H,3-9H2,1-2H3,(H,15,16). The van der Waals surface area contributed by atoms with Crippen molar-refractivity contribution in [1.82, 2.24) is 4.90 Å². The topological polar surface area (TPSA) is 57.6 Å². The van der Waals surface area contributed by atoms with Gasteiger partial charge in [0.1, 0.15) is 0 Å². The molecule has 1 amide bonds. The van der Waals surface area contributed by atoms with Gasteiger partial charge in [-0.25, -0.2) is 0 Å². The highest BCUT2D eigenvalue weighted by Crippen LogP contribution is 2.23. The van der Waals surface area contributed by atoms with Gasteiger partial charge in [-0.3, -0.25) is 9.59 Å². The van der Waals surface area contributed by atoms with Crippen LogP contribution in [0.25, 0.3) is 0 Å². The quantitative estimate of drug-likeness (QED) is 0.805. The minimum atomic E-state index is -0.720.